The van der Waals surface area contributed by atoms with Crippen molar-refractivity contribution in [3.05, 3.63) is 46.7 Å². The normalized spacial score (nSPS) is 20.2. The van der Waals surface area contributed by atoms with E-state index in [9.17, 15) is 10.4 Å². The summed E-state index contributed by atoms with van der Waals surface area (Å²) in [6, 6.07) is 2.28. The molecule has 2 aromatic rings. The number of hydrogen-bond donors (Lipinski definition) is 1. The molecule has 0 aliphatic carbocycles. The Morgan fingerprint density at radius 2 is 2.04 bits per heavy atom. The first-order valence-electron chi connectivity index (χ1n) is 8.07. The third-order valence-corrected chi connectivity index (χ3v) is 4.88. The Balaban J connectivity index is 1.86. The third-order valence-electron chi connectivity index (χ3n) is 4.88. The molecule has 3 heterocycles. The molecule has 24 heavy (non-hydrogen) atoms. The van der Waals surface area contributed by atoms with Crippen molar-refractivity contribution in [1.82, 2.24) is 15.0 Å². The fraction of sp³-hybridized carbons (Fsp3) is 0.444. The van der Waals surface area contributed by atoms with Crippen LogP contribution in [0.15, 0.2) is 18.6 Å². The van der Waals surface area contributed by atoms with Crippen molar-refractivity contribution in [2.75, 3.05) is 18.0 Å². The topological polar surface area (TPSA) is 85.9 Å². The number of nitrogens with zero attached hydrogens (tertiary/aromatic N) is 5. The number of rotatable bonds is 3. The maximum Gasteiger partial charge on any atom is 0.147 e. The summed E-state index contributed by atoms with van der Waals surface area (Å²) >= 11 is 0. The predicted octanol–water partition coefficient (Wildman–Crippen LogP) is 1.71. The molecule has 1 aliphatic rings. The Morgan fingerprint density at radius 1 is 1.25 bits per heavy atom. The Morgan fingerprint density at radius 3 is 2.71 bits per heavy atom. The van der Waals surface area contributed by atoms with Gasteiger partial charge in [-0.05, 0) is 38.3 Å². The zero-order valence-electron chi connectivity index (χ0n) is 14.2. The summed E-state index contributed by atoms with van der Waals surface area (Å²) in [4.78, 5) is 15.0. The zero-order valence-corrected chi connectivity index (χ0v) is 14.2. The maximum absolute atomic E-state index is 10.4. The summed E-state index contributed by atoms with van der Waals surface area (Å²) < 4.78 is 0. The van der Waals surface area contributed by atoms with Crippen LogP contribution in [-0.2, 0) is 6.42 Å². The number of nitriles is 1. The molecule has 2 aromatic heterocycles. The van der Waals surface area contributed by atoms with Crippen LogP contribution in [0, 0.1) is 38.0 Å². The molecule has 6 nitrogen and oxygen atoms in total. The minimum Gasteiger partial charge on any atom is -0.391 e. The molecule has 0 amide bonds. The lowest BCUT2D eigenvalue weighted by atomic mass is 10.0. The van der Waals surface area contributed by atoms with Crippen molar-refractivity contribution < 1.29 is 5.11 Å². The van der Waals surface area contributed by atoms with Crippen molar-refractivity contribution >= 4 is 5.82 Å². The molecule has 0 spiro atoms. The molecule has 2 atom stereocenters. The number of hydrogen-bond acceptors (Lipinski definition) is 6. The van der Waals surface area contributed by atoms with E-state index < -0.39 is 6.10 Å². The average molecular weight is 323 g/mol. The molecule has 0 bridgehead atoms. The van der Waals surface area contributed by atoms with Gasteiger partial charge in [-0.15, -0.1) is 0 Å². The van der Waals surface area contributed by atoms with Crippen molar-refractivity contribution in [2.45, 2.75) is 33.3 Å². The highest BCUT2D eigenvalue weighted by Crippen LogP contribution is 2.30. The van der Waals surface area contributed by atoms with E-state index in [0.717, 1.165) is 22.5 Å². The molecular formula is C18H21N5O. The number of anilines is 1. The molecule has 0 aromatic carbocycles. The fourth-order valence-corrected chi connectivity index (χ4v) is 3.22. The fourth-order valence-electron chi connectivity index (χ4n) is 3.22. The van der Waals surface area contributed by atoms with Crippen LogP contribution in [-0.4, -0.2) is 39.3 Å². The molecule has 1 fully saturated rings. The second-order valence-electron chi connectivity index (χ2n) is 6.39. The van der Waals surface area contributed by atoms with Crippen molar-refractivity contribution in [3.63, 3.8) is 0 Å². The molecule has 0 saturated carbocycles. The lowest BCUT2D eigenvalue weighted by Gasteiger charge is -2.21. The van der Waals surface area contributed by atoms with E-state index in [1.807, 2.05) is 25.7 Å². The van der Waals surface area contributed by atoms with E-state index in [-0.39, 0.29) is 5.92 Å². The van der Waals surface area contributed by atoms with Gasteiger partial charge in [-0.1, -0.05) is 0 Å². The predicted molar refractivity (Wildman–Crippen MR) is 90.6 cm³/mol. The molecular weight excluding hydrogens is 302 g/mol. The first-order valence-corrected chi connectivity index (χ1v) is 8.07. The Bertz CT molecular complexity index is 784. The summed E-state index contributed by atoms with van der Waals surface area (Å²) in [5, 5.41) is 20.0. The van der Waals surface area contributed by atoms with Gasteiger partial charge in [0.2, 0.25) is 0 Å². The highest BCUT2D eigenvalue weighted by molar-refractivity contribution is 5.61. The number of β-amino-alcohol motifs (C(OH)–C–C–N with tert-alkyl or cyclic N) is 1. The number of pyridine rings is 1. The number of aromatic nitrogens is 3. The van der Waals surface area contributed by atoms with Gasteiger partial charge in [0.15, 0.2) is 0 Å². The van der Waals surface area contributed by atoms with Gasteiger partial charge in [0, 0.05) is 43.3 Å². The maximum atomic E-state index is 10.4. The quantitative estimate of drug-likeness (QED) is 0.925. The highest BCUT2D eigenvalue weighted by Gasteiger charge is 2.34. The van der Waals surface area contributed by atoms with Crippen LogP contribution in [0.4, 0.5) is 5.82 Å². The summed E-state index contributed by atoms with van der Waals surface area (Å²) in [5.41, 5.74) is 4.41. The van der Waals surface area contributed by atoms with Crippen LogP contribution < -0.4 is 4.90 Å². The van der Waals surface area contributed by atoms with Gasteiger partial charge in [0.05, 0.1) is 17.4 Å². The number of aryl methyl sites for hydroxylation is 1. The Kier molecular flexibility index (Phi) is 4.45. The van der Waals surface area contributed by atoms with Gasteiger partial charge < -0.3 is 10.0 Å². The molecule has 0 radical (unpaired) electrons. The Hall–Kier alpha value is -2.52. The van der Waals surface area contributed by atoms with Crippen molar-refractivity contribution in [1.29, 1.82) is 5.26 Å². The van der Waals surface area contributed by atoms with Gasteiger partial charge >= 0.3 is 0 Å². The average Bonchev–Trinajstić information content (AvgIpc) is 2.94. The molecule has 1 aliphatic heterocycles. The monoisotopic (exact) mass is 323 g/mol. The van der Waals surface area contributed by atoms with Gasteiger partial charge in [-0.25, -0.2) is 4.98 Å². The molecule has 3 rings (SSSR count). The van der Waals surface area contributed by atoms with E-state index >= 15 is 0 Å². The van der Waals surface area contributed by atoms with Gasteiger partial charge in [0.25, 0.3) is 0 Å². The summed E-state index contributed by atoms with van der Waals surface area (Å²) in [7, 11) is 0. The van der Waals surface area contributed by atoms with Crippen LogP contribution >= 0.6 is 0 Å². The summed E-state index contributed by atoms with van der Waals surface area (Å²) in [6.07, 6.45) is 5.23. The molecule has 124 valence electrons. The zero-order chi connectivity index (χ0) is 17.3. The second-order valence-corrected chi connectivity index (χ2v) is 6.39. The first kappa shape index (κ1) is 16.3. The summed E-state index contributed by atoms with van der Waals surface area (Å²) in [6.45, 7) is 7.03. The molecule has 1 N–H and O–H groups in total. The van der Waals surface area contributed by atoms with Crippen LogP contribution in [0.25, 0.3) is 0 Å². The summed E-state index contributed by atoms with van der Waals surface area (Å²) in [5.74, 6) is 0.732. The number of aliphatic hydroxyl groups excluding tert-OH is 1. The van der Waals surface area contributed by atoms with Crippen molar-refractivity contribution in [3.8, 4) is 6.07 Å². The van der Waals surface area contributed by atoms with Crippen LogP contribution in [0.2, 0.25) is 0 Å². The standard InChI is InChI=1S/C18H21N5O/c1-11-12(2)16(7-19)18(22-13(11)3)23-9-14(17(24)10-23)6-15-8-20-4-5-21-15/h4-5,8,14,17,24H,6,9-10H2,1-3H3/t14-,17-/m1/s1. The lowest BCUT2D eigenvalue weighted by Crippen LogP contribution is -2.24. The SMILES string of the molecule is Cc1nc(N2C[C@@H](Cc3cnccn3)[C@H](O)C2)c(C#N)c(C)c1C. The third kappa shape index (κ3) is 2.95. The Labute approximate surface area is 141 Å². The van der Waals surface area contributed by atoms with E-state index in [2.05, 4.69) is 21.0 Å². The van der Waals surface area contributed by atoms with E-state index in [1.165, 1.54) is 0 Å². The molecule has 6 heteroatoms. The van der Waals surface area contributed by atoms with E-state index in [1.54, 1.807) is 18.6 Å². The number of aliphatic hydroxyl groups is 1. The van der Waals surface area contributed by atoms with Crippen LogP contribution in [0.5, 0.6) is 0 Å². The largest absolute Gasteiger partial charge is 0.391 e. The van der Waals surface area contributed by atoms with Gasteiger partial charge in [-0.2, -0.15) is 5.26 Å². The van der Waals surface area contributed by atoms with Crippen LogP contribution in [0.1, 0.15) is 28.1 Å². The first-order chi connectivity index (χ1) is 11.5. The molecule has 0 unspecified atom stereocenters. The lowest BCUT2D eigenvalue weighted by molar-refractivity contribution is 0.147. The minimum atomic E-state index is -0.470. The smallest absolute Gasteiger partial charge is 0.147 e. The van der Waals surface area contributed by atoms with E-state index in [0.29, 0.717) is 30.9 Å². The molecule has 1 saturated heterocycles. The highest BCUT2D eigenvalue weighted by atomic mass is 16.3. The minimum absolute atomic E-state index is 0.0527. The van der Waals surface area contributed by atoms with Crippen LogP contribution in [0.3, 0.4) is 0 Å². The van der Waals surface area contributed by atoms with Crippen molar-refractivity contribution in [2.24, 2.45) is 5.92 Å². The van der Waals surface area contributed by atoms with E-state index in [4.69, 9.17) is 0 Å². The second kappa shape index (κ2) is 6.54. The van der Waals surface area contributed by atoms with Gasteiger partial charge in [-0.3, -0.25) is 9.97 Å². The van der Waals surface area contributed by atoms with Gasteiger partial charge in [0.1, 0.15) is 11.9 Å².